The molecule has 1 N–H and O–H groups in total. The average Bonchev–Trinajstić information content (AvgIpc) is 3.11. The number of hydrogen-bond acceptors (Lipinski definition) is 6. The molecule has 1 amide bonds. The lowest BCUT2D eigenvalue weighted by Gasteiger charge is -2.08. The van der Waals surface area contributed by atoms with Gasteiger partial charge in [0.15, 0.2) is 11.0 Å². The zero-order chi connectivity index (χ0) is 21.5. The van der Waals surface area contributed by atoms with E-state index in [2.05, 4.69) is 22.1 Å². The number of amides is 1. The van der Waals surface area contributed by atoms with Gasteiger partial charge in [-0.25, -0.2) is 4.39 Å². The summed E-state index contributed by atoms with van der Waals surface area (Å²) in [5.74, 6) is -0.0321. The van der Waals surface area contributed by atoms with E-state index in [0.29, 0.717) is 28.8 Å². The van der Waals surface area contributed by atoms with E-state index in [-0.39, 0.29) is 23.7 Å². The fraction of sp³-hybridized carbons (Fsp3) is 0.150. The summed E-state index contributed by atoms with van der Waals surface area (Å²) in [7, 11) is 0. The molecule has 0 atom stereocenters. The Labute approximate surface area is 176 Å². The zero-order valence-electron chi connectivity index (χ0n) is 15.8. The van der Waals surface area contributed by atoms with Crippen LogP contribution in [0.5, 0.6) is 0 Å². The van der Waals surface area contributed by atoms with E-state index < -0.39 is 10.7 Å². The predicted octanol–water partition coefficient (Wildman–Crippen LogP) is 4.30. The predicted molar refractivity (Wildman–Crippen MR) is 113 cm³/mol. The van der Waals surface area contributed by atoms with Gasteiger partial charge >= 0.3 is 0 Å². The molecule has 0 fully saturated rings. The molecule has 0 saturated carbocycles. The van der Waals surface area contributed by atoms with Crippen molar-refractivity contribution < 1.29 is 14.1 Å². The lowest BCUT2D eigenvalue weighted by Crippen LogP contribution is -2.13. The first-order chi connectivity index (χ1) is 14.5. The topological polar surface area (TPSA) is 103 Å². The van der Waals surface area contributed by atoms with Gasteiger partial charge in [-0.3, -0.25) is 19.5 Å². The van der Waals surface area contributed by atoms with Gasteiger partial charge in [-0.2, -0.15) is 0 Å². The van der Waals surface area contributed by atoms with Crippen molar-refractivity contribution in [2.45, 2.75) is 18.1 Å². The molecule has 1 aromatic heterocycles. The third kappa shape index (κ3) is 4.90. The van der Waals surface area contributed by atoms with Gasteiger partial charge in [0.2, 0.25) is 5.91 Å². The molecule has 3 aromatic rings. The van der Waals surface area contributed by atoms with Gasteiger partial charge in [-0.1, -0.05) is 42.1 Å². The molecule has 8 nitrogen and oxygen atoms in total. The Hall–Kier alpha value is -3.53. The van der Waals surface area contributed by atoms with Crippen LogP contribution in [0.15, 0.2) is 66.3 Å². The van der Waals surface area contributed by atoms with Crippen LogP contribution in [0.3, 0.4) is 0 Å². The molecular weight excluding hydrogens is 409 g/mol. The number of allylic oxidation sites excluding steroid dienone is 1. The second-order valence-electron chi connectivity index (χ2n) is 6.11. The maximum Gasteiger partial charge on any atom is 0.292 e. The highest BCUT2D eigenvalue weighted by atomic mass is 32.2. The molecule has 30 heavy (non-hydrogen) atoms. The van der Waals surface area contributed by atoms with Crippen LogP contribution in [0, 0.1) is 15.9 Å². The van der Waals surface area contributed by atoms with Crippen LogP contribution in [0.2, 0.25) is 0 Å². The molecule has 1 heterocycles. The summed E-state index contributed by atoms with van der Waals surface area (Å²) in [6, 6.07) is 12.2. The monoisotopic (exact) mass is 427 g/mol. The van der Waals surface area contributed by atoms with E-state index in [1.54, 1.807) is 34.9 Å². The maximum atomic E-state index is 14.1. The van der Waals surface area contributed by atoms with Gasteiger partial charge in [-0.05, 0) is 18.2 Å². The van der Waals surface area contributed by atoms with Gasteiger partial charge in [0, 0.05) is 24.8 Å². The molecular formula is C20H18FN5O3S. The van der Waals surface area contributed by atoms with E-state index >= 15 is 0 Å². The van der Waals surface area contributed by atoms with E-state index in [1.807, 2.05) is 0 Å². The summed E-state index contributed by atoms with van der Waals surface area (Å²) in [4.78, 5) is 22.7. The second kappa shape index (κ2) is 9.79. The van der Waals surface area contributed by atoms with Crippen LogP contribution in [0.25, 0.3) is 11.4 Å². The molecule has 0 aliphatic rings. The number of rotatable bonds is 9. The van der Waals surface area contributed by atoms with Crippen molar-refractivity contribution in [2.75, 3.05) is 11.1 Å². The number of aromatic nitrogens is 3. The van der Waals surface area contributed by atoms with Crippen LogP contribution in [0.4, 0.5) is 15.8 Å². The Morgan fingerprint density at radius 2 is 1.97 bits per heavy atom. The van der Waals surface area contributed by atoms with Gasteiger partial charge in [0.25, 0.3) is 5.69 Å². The van der Waals surface area contributed by atoms with Crippen LogP contribution in [0.1, 0.15) is 6.42 Å². The second-order valence-corrected chi connectivity index (χ2v) is 7.17. The van der Waals surface area contributed by atoms with E-state index in [9.17, 15) is 19.3 Å². The van der Waals surface area contributed by atoms with E-state index in [1.165, 1.54) is 36.0 Å². The molecule has 0 radical (unpaired) electrons. The van der Waals surface area contributed by atoms with Crippen molar-refractivity contribution in [1.29, 1.82) is 0 Å². The molecule has 0 aliphatic heterocycles. The molecule has 3 rings (SSSR count). The summed E-state index contributed by atoms with van der Waals surface area (Å²) in [6.07, 6.45) is 1.76. The van der Waals surface area contributed by atoms with Gasteiger partial charge in [0.1, 0.15) is 11.5 Å². The molecule has 154 valence electrons. The number of nitrogens with one attached hydrogen (secondary N) is 1. The Morgan fingerprint density at radius 1 is 1.23 bits per heavy atom. The van der Waals surface area contributed by atoms with Crippen molar-refractivity contribution in [3.8, 4) is 11.4 Å². The van der Waals surface area contributed by atoms with Crippen LogP contribution in [-0.4, -0.2) is 31.3 Å². The summed E-state index contributed by atoms with van der Waals surface area (Å²) in [5.41, 5.74) is 0.306. The summed E-state index contributed by atoms with van der Waals surface area (Å²) in [6.45, 7) is 4.09. The number of para-hydroxylation sites is 2. The average molecular weight is 427 g/mol. The molecule has 0 bridgehead atoms. The highest BCUT2D eigenvalue weighted by Crippen LogP contribution is 2.27. The Kier molecular flexibility index (Phi) is 6.91. The third-order valence-corrected chi connectivity index (χ3v) is 5.05. The van der Waals surface area contributed by atoms with Gasteiger partial charge in [0.05, 0.1) is 10.5 Å². The smallest absolute Gasteiger partial charge is 0.292 e. The number of nitrogens with zero attached hydrogens (tertiary/aromatic N) is 4. The Bertz CT molecular complexity index is 1090. The number of carbonyl (C=O) groups is 1. The Morgan fingerprint density at radius 3 is 2.70 bits per heavy atom. The van der Waals surface area contributed by atoms with Gasteiger partial charge < -0.3 is 5.32 Å². The minimum atomic E-state index is -0.549. The lowest BCUT2D eigenvalue weighted by atomic mass is 10.2. The number of nitro benzene ring substituents is 1. The van der Waals surface area contributed by atoms with Crippen LogP contribution < -0.4 is 5.32 Å². The Balaban J connectivity index is 1.67. The third-order valence-electron chi connectivity index (χ3n) is 4.08. The lowest BCUT2D eigenvalue weighted by molar-refractivity contribution is -0.383. The van der Waals surface area contributed by atoms with Crippen molar-refractivity contribution >= 4 is 29.0 Å². The number of thioether (sulfide) groups is 1. The summed E-state index contributed by atoms with van der Waals surface area (Å²) in [5, 5.41) is 22.3. The summed E-state index contributed by atoms with van der Waals surface area (Å²) < 4.78 is 15.9. The highest BCUT2D eigenvalue weighted by Gasteiger charge is 2.18. The number of anilines is 1. The van der Waals surface area contributed by atoms with Crippen molar-refractivity contribution in [2.24, 2.45) is 0 Å². The SMILES string of the molecule is C=CCn1c(SCCC(=O)Nc2ccccc2[N+](=O)[O-])nnc1-c1ccccc1F. The standard InChI is InChI=1S/C20H18FN5O3S/c1-2-12-25-19(14-7-3-4-8-15(14)21)23-24-20(25)30-13-11-18(27)22-16-9-5-6-10-17(16)26(28)29/h2-10H,1,11-13H2,(H,22,27). The maximum absolute atomic E-state index is 14.1. The molecule has 0 aliphatic carbocycles. The molecule has 0 saturated heterocycles. The fourth-order valence-electron chi connectivity index (χ4n) is 2.72. The van der Waals surface area contributed by atoms with Crippen LogP contribution >= 0.6 is 11.8 Å². The quantitative estimate of drug-likeness (QED) is 0.236. The van der Waals surface area contributed by atoms with Crippen molar-refractivity contribution in [3.05, 3.63) is 77.1 Å². The van der Waals surface area contributed by atoms with Gasteiger partial charge in [-0.15, -0.1) is 16.8 Å². The highest BCUT2D eigenvalue weighted by molar-refractivity contribution is 7.99. The van der Waals surface area contributed by atoms with E-state index in [4.69, 9.17) is 0 Å². The first kappa shape index (κ1) is 21.2. The number of halogens is 1. The minimum Gasteiger partial charge on any atom is -0.320 e. The largest absolute Gasteiger partial charge is 0.320 e. The number of hydrogen-bond donors (Lipinski definition) is 1. The normalized spacial score (nSPS) is 10.6. The number of benzene rings is 2. The van der Waals surface area contributed by atoms with E-state index in [0.717, 1.165) is 0 Å². The van der Waals surface area contributed by atoms with Crippen molar-refractivity contribution in [3.63, 3.8) is 0 Å². The zero-order valence-corrected chi connectivity index (χ0v) is 16.6. The molecule has 0 unspecified atom stereocenters. The van der Waals surface area contributed by atoms with Crippen LogP contribution in [-0.2, 0) is 11.3 Å². The minimum absolute atomic E-state index is 0.104. The molecule has 2 aromatic carbocycles. The first-order valence-electron chi connectivity index (χ1n) is 8.96. The number of nitro groups is 1. The molecule has 0 spiro atoms. The first-order valence-corrected chi connectivity index (χ1v) is 9.95. The summed E-state index contributed by atoms with van der Waals surface area (Å²) >= 11 is 1.28. The fourth-order valence-corrected chi connectivity index (χ4v) is 3.60. The number of carbonyl (C=O) groups excluding carboxylic acids is 1. The van der Waals surface area contributed by atoms with Crippen molar-refractivity contribution in [1.82, 2.24) is 14.8 Å². The molecule has 10 heteroatoms.